The highest BCUT2D eigenvalue weighted by atomic mass is 19.1. The van der Waals surface area contributed by atoms with Crippen molar-refractivity contribution in [3.05, 3.63) is 35.6 Å². The molecule has 124 valence electrons. The first kappa shape index (κ1) is 18.4. The number of ether oxygens (including phenoxy) is 1. The Bertz CT molecular complexity index is 480. The molecular formula is C16H25FN2O3. The zero-order valence-electron chi connectivity index (χ0n) is 13.4. The van der Waals surface area contributed by atoms with Crippen LogP contribution in [0.3, 0.4) is 0 Å². The van der Waals surface area contributed by atoms with Gasteiger partial charge in [-0.2, -0.15) is 0 Å². The molecule has 6 heteroatoms. The lowest BCUT2D eigenvalue weighted by Gasteiger charge is -2.26. The number of hydrogen-bond donors (Lipinski definition) is 3. The van der Waals surface area contributed by atoms with Crippen LogP contribution in [0.1, 0.15) is 25.8 Å². The Balaban J connectivity index is 2.38. The molecule has 0 radical (unpaired) electrons. The molecule has 1 aromatic rings. The number of amides is 2. The number of urea groups is 1. The molecule has 2 amide bonds. The molecule has 0 bridgehead atoms. The summed E-state index contributed by atoms with van der Waals surface area (Å²) in [6, 6.07) is 6.20. The molecule has 3 N–H and O–H groups in total. The van der Waals surface area contributed by atoms with Crippen molar-refractivity contribution < 1.29 is 19.0 Å². The molecule has 0 aliphatic carbocycles. The van der Waals surface area contributed by atoms with Crippen molar-refractivity contribution in [2.45, 2.75) is 31.8 Å². The summed E-state index contributed by atoms with van der Waals surface area (Å²) >= 11 is 0. The van der Waals surface area contributed by atoms with E-state index in [-0.39, 0.29) is 18.5 Å². The minimum absolute atomic E-state index is 0.240. The van der Waals surface area contributed by atoms with E-state index in [1.165, 1.54) is 13.2 Å². The van der Waals surface area contributed by atoms with Crippen LogP contribution in [0.4, 0.5) is 9.18 Å². The predicted molar refractivity (Wildman–Crippen MR) is 83.3 cm³/mol. The van der Waals surface area contributed by atoms with Crippen molar-refractivity contribution in [2.24, 2.45) is 0 Å². The van der Waals surface area contributed by atoms with Crippen LogP contribution in [-0.2, 0) is 10.2 Å². The minimum Gasteiger partial charge on any atom is -0.391 e. The van der Waals surface area contributed by atoms with Gasteiger partial charge >= 0.3 is 6.03 Å². The minimum atomic E-state index is -0.597. The number of hydrogen-bond acceptors (Lipinski definition) is 3. The van der Waals surface area contributed by atoms with Gasteiger partial charge in [-0.05, 0) is 18.1 Å². The molecule has 0 aliphatic rings. The molecule has 0 saturated carbocycles. The van der Waals surface area contributed by atoms with E-state index in [9.17, 15) is 14.3 Å². The standard InChI is InChI=1S/C16H25FN2O3/c1-16(2,13-6-4-5-7-14(13)17)11-19-15(21)18-9-8-12(20)10-22-3/h4-7,12,20H,8-11H2,1-3H3,(H2,18,19,21). The van der Waals surface area contributed by atoms with Crippen molar-refractivity contribution in [3.63, 3.8) is 0 Å². The molecule has 0 fully saturated rings. The van der Waals surface area contributed by atoms with Crippen LogP contribution >= 0.6 is 0 Å². The van der Waals surface area contributed by atoms with Gasteiger partial charge in [0.1, 0.15) is 5.82 Å². The number of nitrogens with one attached hydrogen (secondary N) is 2. The third-order valence-electron chi connectivity index (χ3n) is 3.42. The van der Waals surface area contributed by atoms with Crippen LogP contribution < -0.4 is 10.6 Å². The van der Waals surface area contributed by atoms with Gasteiger partial charge in [0.2, 0.25) is 0 Å². The Morgan fingerprint density at radius 2 is 2.05 bits per heavy atom. The molecule has 1 unspecified atom stereocenters. The number of rotatable bonds is 8. The lowest BCUT2D eigenvalue weighted by molar-refractivity contribution is 0.0598. The van der Waals surface area contributed by atoms with Crippen LogP contribution in [-0.4, -0.2) is 44.0 Å². The number of carbonyl (C=O) groups is 1. The summed E-state index contributed by atoms with van der Waals surface area (Å²) in [5.74, 6) is -0.280. The van der Waals surface area contributed by atoms with Gasteiger partial charge < -0.3 is 20.5 Å². The maximum absolute atomic E-state index is 13.8. The van der Waals surface area contributed by atoms with Gasteiger partial charge in [0.25, 0.3) is 0 Å². The average molecular weight is 312 g/mol. The summed E-state index contributed by atoms with van der Waals surface area (Å²) in [4.78, 5) is 11.7. The van der Waals surface area contributed by atoms with Crippen molar-refractivity contribution in [3.8, 4) is 0 Å². The van der Waals surface area contributed by atoms with Gasteiger partial charge in [0, 0.05) is 25.6 Å². The molecule has 1 rings (SSSR count). The summed E-state index contributed by atoms with van der Waals surface area (Å²) in [7, 11) is 1.51. The maximum Gasteiger partial charge on any atom is 0.314 e. The van der Waals surface area contributed by atoms with Crippen molar-refractivity contribution in [1.82, 2.24) is 10.6 Å². The average Bonchev–Trinajstić information content (AvgIpc) is 2.46. The van der Waals surface area contributed by atoms with E-state index in [0.29, 0.717) is 25.1 Å². The summed E-state index contributed by atoms with van der Waals surface area (Å²) in [5.41, 5.74) is 0.0453. The monoisotopic (exact) mass is 312 g/mol. The predicted octanol–water partition coefficient (Wildman–Crippen LogP) is 1.80. The summed E-state index contributed by atoms with van der Waals surface area (Å²) < 4.78 is 18.6. The number of halogens is 1. The fourth-order valence-corrected chi connectivity index (χ4v) is 2.10. The molecule has 0 aromatic heterocycles. The van der Waals surface area contributed by atoms with E-state index in [0.717, 1.165) is 0 Å². The van der Waals surface area contributed by atoms with Crippen molar-refractivity contribution >= 4 is 6.03 Å². The number of benzene rings is 1. The second kappa shape index (κ2) is 8.70. The molecule has 22 heavy (non-hydrogen) atoms. The van der Waals surface area contributed by atoms with Gasteiger partial charge in [0.15, 0.2) is 0 Å². The fraction of sp³-hybridized carbons (Fsp3) is 0.562. The molecule has 5 nitrogen and oxygen atoms in total. The number of aliphatic hydroxyl groups excluding tert-OH is 1. The number of aliphatic hydroxyl groups is 1. The topological polar surface area (TPSA) is 70.6 Å². The van der Waals surface area contributed by atoms with Crippen LogP contribution in [0.15, 0.2) is 24.3 Å². The Labute approximate surface area is 130 Å². The normalized spacial score (nSPS) is 12.8. The zero-order chi connectivity index (χ0) is 16.6. The molecule has 0 saturated heterocycles. The highest BCUT2D eigenvalue weighted by molar-refractivity contribution is 5.73. The quantitative estimate of drug-likeness (QED) is 0.685. The molecule has 1 aromatic carbocycles. The zero-order valence-corrected chi connectivity index (χ0v) is 13.4. The molecule has 0 aliphatic heterocycles. The fourth-order valence-electron chi connectivity index (χ4n) is 2.10. The molecule has 1 atom stereocenters. The van der Waals surface area contributed by atoms with E-state index in [4.69, 9.17) is 4.74 Å². The number of methoxy groups -OCH3 is 1. The first-order chi connectivity index (χ1) is 10.4. The molecular weight excluding hydrogens is 287 g/mol. The highest BCUT2D eigenvalue weighted by Gasteiger charge is 2.24. The summed E-state index contributed by atoms with van der Waals surface area (Å²) in [6.07, 6.45) is -0.182. The third kappa shape index (κ3) is 5.99. The van der Waals surface area contributed by atoms with E-state index in [1.807, 2.05) is 13.8 Å². The first-order valence-electron chi connectivity index (χ1n) is 7.30. The van der Waals surface area contributed by atoms with Gasteiger partial charge in [0.05, 0.1) is 12.7 Å². The molecule has 0 spiro atoms. The molecule has 0 heterocycles. The van der Waals surface area contributed by atoms with Crippen LogP contribution in [0.5, 0.6) is 0 Å². The van der Waals surface area contributed by atoms with E-state index in [2.05, 4.69) is 10.6 Å². The second-order valence-electron chi connectivity index (χ2n) is 5.87. The van der Waals surface area contributed by atoms with Crippen LogP contribution in [0.25, 0.3) is 0 Å². The lowest BCUT2D eigenvalue weighted by atomic mass is 9.84. The Morgan fingerprint density at radius 1 is 1.36 bits per heavy atom. The number of carbonyl (C=O) groups excluding carboxylic acids is 1. The van der Waals surface area contributed by atoms with Gasteiger partial charge in [-0.3, -0.25) is 0 Å². The lowest BCUT2D eigenvalue weighted by Crippen LogP contribution is -2.43. The summed E-state index contributed by atoms with van der Waals surface area (Å²) in [6.45, 7) is 4.63. The van der Waals surface area contributed by atoms with Crippen LogP contribution in [0, 0.1) is 5.82 Å². The Morgan fingerprint density at radius 3 is 2.68 bits per heavy atom. The van der Waals surface area contributed by atoms with E-state index >= 15 is 0 Å². The highest BCUT2D eigenvalue weighted by Crippen LogP contribution is 2.24. The third-order valence-corrected chi connectivity index (χ3v) is 3.42. The second-order valence-corrected chi connectivity index (χ2v) is 5.87. The Hall–Kier alpha value is -1.66. The van der Waals surface area contributed by atoms with Gasteiger partial charge in [-0.25, -0.2) is 9.18 Å². The smallest absolute Gasteiger partial charge is 0.314 e. The van der Waals surface area contributed by atoms with Crippen molar-refractivity contribution in [1.29, 1.82) is 0 Å². The maximum atomic E-state index is 13.8. The largest absolute Gasteiger partial charge is 0.391 e. The van der Waals surface area contributed by atoms with Crippen molar-refractivity contribution in [2.75, 3.05) is 26.8 Å². The van der Waals surface area contributed by atoms with Crippen LogP contribution in [0.2, 0.25) is 0 Å². The van der Waals surface area contributed by atoms with E-state index < -0.39 is 11.5 Å². The van der Waals surface area contributed by atoms with Gasteiger partial charge in [-0.15, -0.1) is 0 Å². The SMILES string of the molecule is COCC(O)CCNC(=O)NCC(C)(C)c1ccccc1F. The Kier molecular flexibility index (Phi) is 7.27. The van der Waals surface area contributed by atoms with Gasteiger partial charge in [-0.1, -0.05) is 32.0 Å². The first-order valence-corrected chi connectivity index (χ1v) is 7.30. The summed E-state index contributed by atoms with van der Waals surface area (Å²) in [5, 5.41) is 14.8. The van der Waals surface area contributed by atoms with E-state index in [1.54, 1.807) is 18.2 Å².